The lowest BCUT2D eigenvalue weighted by Gasteiger charge is -2.17. The predicted molar refractivity (Wildman–Crippen MR) is 47.6 cm³/mol. The van der Waals surface area contributed by atoms with Gasteiger partial charge in [0.25, 0.3) is 0 Å². The Labute approximate surface area is 73.5 Å². The molecule has 0 saturated heterocycles. The van der Waals surface area contributed by atoms with Gasteiger partial charge >= 0.3 is 0 Å². The van der Waals surface area contributed by atoms with Crippen molar-refractivity contribution in [2.75, 3.05) is 7.05 Å². The van der Waals surface area contributed by atoms with Crippen molar-refractivity contribution >= 4 is 0 Å². The lowest BCUT2D eigenvalue weighted by atomic mass is 10.0. The molecule has 0 fully saturated rings. The first-order valence-corrected chi connectivity index (χ1v) is 4.54. The van der Waals surface area contributed by atoms with Crippen molar-refractivity contribution < 1.29 is 8.78 Å². The average Bonchev–Trinajstić information content (AvgIpc) is 1.96. The van der Waals surface area contributed by atoms with E-state index in [9.17, 15) is 8.78 Å². The van der Waals surface area contributed by atoms with Crippen LogP contribution in [-0.4, -0.2) is 19.0 Å². The van der Waals surface area contributed by atoms with Gasteiger partial charge < -0.3 is 5.32 Å². The van der Waals surface area contributed by atoms with Gasteiger partial charge in [-0.15, -0.1) is 0 Å². The van der Waals surface area contributed by atoms with Crippen LogP contribution in [0.1, 0.15) is 39.5 Å². The van der Waals surface area contributed by atoms with Crippen molar-refractivity contribution in [3.05, 3.63) is 0 Å². The topological polar surface area (TPSA) is 12.0 Å². The van der Waals surface area contributed by atoms with Crippen LogP contribution in [0.4, 0.5) is 8.78 Å². The molecule has 1 atom stereocenters. The van der Waals surface area contributed by atoms with Gasteiger partial charge in [0.05, 0.1) is 0 Å². The highest BCUT2D eigenvalue weighted by molar-refractivity contribution is 4.68. The van der Waals surface area contributed by atoms with Crippen LogP contribution in [0.5, 0.6) is 0 Å². The first kappa shape index (κ1) is 11.8. The van der Waals surface area contributed by atoms with Crippen LogP contribution in [0, 0.1) is 0 Å². The number of halogens is 2. The number of nitrogens with one attached hydrogen (secondary N) is 1. The quantitative estimate of drug-likeness (QED) is 0.661. The lowest BCUT2D eigenvalue weighted by Crippen LogP contribution is -2.27. The summed E-state index contributed by atoms with van der Waals surface area (Å²) >= 11 is 0. The predicted octanol–water partition coefficient (Wildman–Crippen LogP) is 2.81. The van der Waals surface area contributed by atoms with E-state index in [4.69, 9.17) is 0 Å². The Kier molecular flexibility index (Phi) is 5.38. The Morgan fingerprint density at radius 3 is 2.25 bits per heavy atom. The Balaban J connectivity index is 3.58. The molecule has 1 N–H and O–H groups in total. The van der Waals surface area contributed by atoms with Crippen LogP contribution < -0.4 is 5.32 Å². The van der Waals surface area contributed by atoms with Gasteiger partial charge in [-0.3, -0.25) is 0 Å². The average molecular weight is 179 g/mol. The van der Waals surface area contributed by atoms with Crippen molar-refractivity contribution in [3.8, 4) is 0 Å². The molecule has 0 amide bonds. The van der Waals surface area contributed by atoms with E-state index in [1.165, 1.54) is 0 Å². The molecule has 0 aliphatic heterocycles. The summed E-state index contributed by atoms with van der Waals surface area (Å²) < 4.78 is 24.9. The van der Waals surface area contributed by atoms with E-state index in [1.807, 2.05) is 7.05 Å². The van der Waals surface area contributed by atoms with Crippen molar-refractivity contribution in [1.82, 2.24) is 5.32 Å². The fourth-order valence-electron chi connectivity index (χ4n) is 1.21. The van der Waals surface area contributed by atoms with Crippen LogP contribution in [0.25, 0.3) is 0 Å². The summed E-state index contributed by atoms with van der Waals surface area (Å²) in [6, 6.07) is 0.251. The third-order valence-corrected chi connectivity index (χ3v) is 1.98. The second-order valence-electron chi connectivity index (χ2n) is 3.38. The second kappa shape index (κ2) is 5.46. The van der Waals surface area contributed by atoms with Crippen molar-refractivity contribution in [2.24, 2.45) is 0 Å². The van der Waals surface area contributed by atoms with Crippen LogP contribution in [0.15, 0.2) is 0 Å². The van der Waals surface area contributed by atoms with E-state index in [1.54, 1.807) is 0 Å². The van der Waals surface area contributed by atoms with E-state index >= 15 is 0 Å². The number of alkyl halides is 2. The summed E-state index contributed by atoms with van der Waals surface area (Å²) in [5.41, 5.74) is 0. The van der Waals surface area contributed by atoms with E-state index in [2.05, 4.69) is 12.2 Å². The van der Waals surface area contributed by atoms with Crippen molar-refractivity contribution in [1.29, 1.82) is 0 Å². The fraction of sp³-hybridized carbons (Fsp3) is 1.00. The van der Waals surface area contributed by atoms with Gasteiger partial charge in [0, 0.05) is 12.5 Å². The molecule has 74 valence electrons. The normalized spacial score (nSPS) is 14.8. The van der Waals surface area contributed by atoms with Crippen LogP contribution in [0.2, 0.25) is 0 Å². The maximum absolute atomic E-state index is 12.4. The van der Waals surface area contributed by atoms with Gasteiger partial charge in [0.1, 0.15) is 0 Å². The lowest BCUT2D eigenvalue weighted by molar-refractivity contribution is 0.00825. The summed E-state index contributed by atoms with van der Waals surface area (Å²) in [5.74, 6) is -2.51. The van der Waals surface area contributed by atoms with E-state index in [0.717, 1.165) is 19.8 Å². The Hall–Kier alpha value is -0.180. The SMILES string of the molecule is CCCC(CCC(C)(F)F)NC. The van der Waals surface area contributed by atoms with Gasteiger partial charge in [0.15, 0.2) is 0 Å². The van der Waals surface area contributed by atoms with Crippen molar-refractivity contribution in [3.63, 3.8) is 0 Å². The maximum Gasteiger partial charge on any atom is 0.245 e. The van der Waals surface area contributed by atoms with E-state index < -0.39 is 5.92 Å². The van der Waals surface area contributed by atoms with Gasteiger partial charge in [-0.05, 0) is 26.8 Å². The fourth-order valence-corrected chi connectivity index (χ4v) is 1.21. The van der Waals surface area contributed by atoms with E-state index in [-0.39, 0.29) is 12.5 Å². The van der Waals surface area contributed by atoms with Gasteiger partial charge in [-0.2, -0.15) is 0 Å². The number of hydrogen-bond acceptors (Lipinski definition) is 1. The third-order valence-electron chi connectivity index (χ3n) is 1.98. The summed E-state index contributed by atoms with van der Waals surface area (Å²) in [6.45, 7) is 3.04. The molecule has 0 aliphatic carbocycles. The number of hydrogen-bond donors (Lipinski definition) is 1. The van der Waals surface area contributed by atoms with Crippen molar-refractivity contribution in [2.45, 2.75) is 51.5 Å². The Bertz CT molecular complexity index is 110. The molecular formula is C9H19F2N. The standard InChI is InChI=1S/C9H19F2N/c1-4-5-8(12-3)6-7-9(2,10)11/h8,12H,4-7H2,1-3H3. The molecule has 1 unspecified atom stereocenters. The minimum atomic E-state index is -2.51. The summed E-state index contributed by atoms with van der Waals surface area (Å²) in [6.07, 6.45) is 2.57. The summed E-state index contributed by atoms with van der Waals surface area (Å²) in [5, 5.41) is 3.04. The highest BCUT2D eigenvalue weighted by Crippen LogP contribution is 2.20. The molecule has 0 spiro atoms. The maximum atomic E-state index is 12.4. The Morgan fingerprint density at radius 2 is 1.92 bits per heavy atom. The molecule has 12 heavy (non-hydrogen) atoms. The highest BCUT2D eigenvalue weighted by atomic mass is 19.3. The molecule has 0 radical (unpaired) electrons. The molecular weight excluding hydrogens is 160 g/mol. The molecule has 0 aromatic rings. The zero-order valence-electron chi connectivity index (χ0n) is 8.16. The monoisotopic (exact) mass is 179 g/mol. The van der Waals surface area contributed by atoms with Crippen LogP contribution >= 0.6 is 0 Å². The van der Waals surface area contributed by atoms with Crippen LogP contribution in [-0.2, 0) is 0 Å². The first-order chi connectivity index (χ1) is 5.49. The minimum absolute atomic E-state index is 0.0154. The molecule has 0 aromatic carbocycles. The second-order valence-corrected chi connectivity index (χ2v) is 3.38. The molecule has 0 saturated carbocycles. The minimum Gasteiger partial charge on any atom is -0.317 e. The molecule has 0 aliphatic rings. The van der Waals surface area contributed by atoms with E-state index in [0.29, 0.717) is 6.42 Å². The van der Waals surface area contributed by atoms with Gasteiger partial charge in [-0.25, -0.2) is 8.78 Å². The first-order valence-electron chi connectivity index (χ1n) is 4.54. The zero-order chi connectivity index (χ0) is 9.61. The van der Waals surface area contributed by atoms with Crippen LogP contribution in [0.3, 0.4) is 0 Å². The smallest absolute Gasteiger partial charge is 0.245 e. The highest BCUT2D eigenvalue weighted by Gasteiger charge is 2.21. The summed E-state index contributed by atoms with van der Waals surface area (Å²) in [7, 11) is 1.83. The third kappa shape index (κ3) is 6.53. The molecule has 0 rings (SSSR count). The summed E-state index contributed by atoms with van der Waals surface area (Å²) in [4.78, 5) is 0. The zero-order valence-corrected chi connectivity index (χ0v) is 8.16. The largest absolute Gasteiger partial charge is 0.317 e. The molecule has 3 heteroatoms. The molecule has 0 bridgehead atoms. The molecule has 0 heterocycles. The Morgan fingerprint density at radius 1 is 1.33 bits per heavy atom. The van der Waals surface area contributed by atoms with Gasteiger partial charge in [0.2, 0.25) is 5.92 Å². The molecule has 1 nitrogen and oxygen atoms in total. The number of rotatable bonds is 6. The molecule has 0 aromatic heterocycles. The van der Waals surface area contributed by atoms with Gasteiger partial charge in [-0.1, -0.05) is 13.3 Å².